The van der Waals surface area contributed by atoms with Crippen LogP contribution in [0.3, 0.4) is 0 Å². The third kappa shape index (κ3) is 3.13. The van der Waals surface area contributed by atoms with E-state index in [1.807, 2.05) is 24.9 Å². The minimum absolute atomic E-state index is 0.0683. The Morgan fingerprint density at radius 2 is 2.12 bits per heavy atom. The van der Waals surface area contributed by atoms with Gasteiger partial charge in [0.05, 0.1) is 0 Å². The zero-order valence-corrected chi connectivity index (χ0v) is 11.4. The number of anilines is 1. The van der Waals surface area contributed by atoms with Gasteiger partial charge in [0, 0.05) is 30.6 Å². The quantitative estimate of drug-likeness (QED) is 0.896. The van der Waals surface area contributed by atoms with Gasteiger partial charge in [-0.05, 0) is 37.7 Å². The number of rotatable bonds is 3. The molecule has 1 aromatic rings. The topological polar surface area (TPSA) is 42.1 Å². The molecular formula is C13H21N3S. The summed E-state index contributed by atoms with van der Waals surface area (Å²) in [6.45, 7) is 4.23. The van der Waals surface area contributed by atoms with Crippen molar-refractivity contribution in [1.29, 1.82) is 0 Å². The lowest BCUT2D eigenvalue weighted by Crippen LogP contribution is -2.35. The van der Waals surface area contributed by atoms with Gasteiger partial charge in [-0.15, -0.1) is 0 Å². The van der Waals surface area contributed by atoms with E-state index < -0.39 is 0 Å². The molecule has 2 heterocycles. The van der Waals surface area contributed by atoms with E-state index in [9.17, 15) is 0 Å². The first-order valence-corrected chi connectivity index (χ1v) is 7.48. The molecule has 1 saturated heterocycles. The van der Waals surface area contributed by atoms with Gasteiger partial charge in [0.1, 0.15) is 5.82 Å². The third-order valence-corrected chi connectivity index (χ3v) is 4.53. The third-order valence-electron chi connectivity index (χ3n) is 3.40. The average Bonchev–Trinajstić information content (AvgIpc) is 2.39. The molecule has 2 N–H and O–H groups in total. The lowest BCUT2D eigenvalue weighted by Gasteiger charge is -2.32. The van der Waals surface area contributed by atoms with Crippen LogP contribution < -0.4 is 10.6 Å². The van der Waals surface area contributed by atoms with Gasteiger partial charge in [-0.25, -0.2) is 4.98 Å². The van der Waals surface area contributed by atoms with Crippen LogP contribution in [-0.4, -0.2) is 29.6 Å². The van der Waals surface area contributed by atoms with Crippen molar-refractivity contribution < 1.29 is 0 Å². The summed E-state index contributed by atoms with van der Waals surface area (Å²) in [7, 11) is 0. The van der Waals surface area contributed by atoms with Gasteiger partial charge < -0.3 is 10.6 Å². The minimum atomic E-state index is 0.0683. The first-order valence-electron chi connectivity index (χ1n) is 6.20. The van der Waals surface area contributed by atoms with Crippen LogP contribution in [0.5, 0.6) is 0 Å². The van der Waals surface area contributed by atoms with Crippen LogP contribution >= 0.6 is 11.8 Å². The number of nitrogens with zero attached hydrogens (tertiary/aromatic N) is 2. The van der Waals surface area contributed by atoms with Gasteiger partial charge in [-0.3, -0.25) is 0 Å². The maximum atomic E-state index is 5.82. The fourth-order valence-electron chi connectivity index (χ4n) is 2.17. The first kappa shape index (κ1) is 12.7. The number of pyridine rings is 1. The molecule has 2 rings (SSSR count). The number of hydrogen-bond donors (Lipinski definition) is 1. The Balaban J connectivity index is 1.99. The highest BCUT2D eigenvalue weighted by molar-refractivity contribution is 7.99. The Bertz CT molecular complexity index is 342. The van der Waals surface area contributed by atoms with Gasteiger partial charge in [0.25, 0.3) is 0 Å². The molecule has 0 radical (unpaired) electrons. The Labute approximate surface area is 108 Å². The Hall–Kier alpha value is -0.740. The number of nitrogens with two attached hydrogens (primary N) is 1. The van der Waals surface area contributed by atoms with Crippen LogP contribution in [0.2, 0.25) is 0 Å². The maximum absolute atomic E-state index is 5.82. The van der Waals surface area contributed by atoms with Crippen LogP contribution in [0.25, 0.3) is 0 Å². The van der Waals surface area contributed by atoms with Gasteiger partial charge in [0.2, 0.25) is 0 Å². The molecule has 17 heavy (non-hydrogen) atoms. The van der Waals surface area contributed by atoms with Crippen LogP contribution in [0, 0.1) is 0 Å². The fraction of sp³-hybridized carbons (Fsp3) is 0.615. The van der Waals surface area contributed by atoms with Crippen molar-refractivity contribution >= 4 is 17.6 Å². The molecule has 1 fully saturated rings. The van der Waals surface area contributed by atoms with Gasteiger partial charge in [-0.2, -0.15) is 11.8 Å². The fourth-order valence-corrected chi connectivity index (χ4v) is 2.86. The summed E-state index contributed by atoms with van der Waals surface area (Å²) in [4.78, 5) is 6.89. The van der Waals surface area contributed by atoms with Crippen LogP contribution in [-0.2, 0) is 0 Å². The van der Waals surface area contributed by atoms with Crippen LogP contribution in [0.1, 0.15) is 31.4 Å². The van der Waals surface area contributed by atoms with Crippen molar-refractivity contribution in [3.8, 4) is 0 Å². The molecule has 1 aliphatic heterocycles. The smallest absolute Gasteiger partial charge is 0.128 e. The molecule has 0 aromatic carbocycles. The van der Waals surface area contributed by atoms with E-state index in [1.54, 1.807) is 0 Å². The van der Waals surface area contributed by atoms with E-state index in [2.05, 4.69) is 28.3 Å². The monoisotopic (exact) mass is 251 g/mol. The van der Waals surface area contributed by atoms with Crippen molar-refractivity contribution in [2.45, 2.75) is 31.1 Å². The second kappa shape index (κ2) is 5.74. The number of thioether (sulfide) groups is 1. The summed E-state index contributed by atoms with van der Waals surface area (Å²) in [5.41, 5.74) is 6.93. The lowest BCUT2D eigenvalue weighted by molar-refractivity contribution is 0.586. The number of hydrogen-bond acceptors (Lipinski definition) is 4. The van der Waals surface area contributed by atoms with Crippen LogP contribution in [0.4, 0.5) is 5.82 Å². The number of piperidine rings is 1. The van der Waals surface area contributed by atoms with E-state index in [0.717, 1.165) is 29.7 Å². The zero-order valence-electron chi connectivity index (χ0n) is 10.6. The van der Waals surface area contributed by atoms with E-state index in [0.29, 0.717) is 0 Å². The van der Waals surface area contributed by atoms with E-state index in [-0.39, 0.29) is 6.04 Å². The molecule has 1 atom stereocenters. The highest BCUT2D eigenvalue weighted by Crippen LogP contribution is 2.24. The molecule has 0 unspecified atom stereocenters. The summed E-state index contributed by atoms with van der Waals surface area (Å²) in [5, 5.41) is 0.828. The minimum Gasteiger partial charge on any atom is -0.357 e. The lowest BCUT2D eigenvalue weighted by atomic mass is 10.1. The van der Waals surface area contributed by atoms with E-state index >= 15 is 0 Å². The van der Waals surface area contributed by atoms with E-state index in [1.165, 1.54) is 12.8 Å². The maximum Gasteiger partial charge on any atom is 0.128 e. The van der Waals surface area contributed by atoms with Crippen molar-refractivity contribution in [3.63, 3.8) is 0 Å². The summed E-state index contributed by atoms with van der Waals surface area (Å²) in [6, 6.07) is 4.25. The summed E-state index contributed by atoms with van der Waals surface area (Å²) in [6.07, 6.45) is 6.63. The molecule has 0 saturated carbocycles. The Morgan fingerprint density at radius 1 is 1.41 bits per heavy atom. The Kier molecular flexibility index (Phi) is 4.29. The summed E-state index contributed by atoms with van der Waals surface area (Å²) >= 11 is 1.99. The second-order valence-corrected chi connectivity index (χ2v) is 5.80. The van der Waals surface area contributed by atoms with Crippen molar-refractivity contribution in [2.24, 2.45) is 5.73 Å². The highest BCUT2D eigenvalue weighted by Gasteiger charge is 2.19. The molecule has 1 aromatic heterocycles. The first-order chi connectivity index (χ1) is 8.20. The zero-order chi connectivity index (χ0) is 12.3. The van der Waals surface area contributed by atoms with Crippen molar-refractivity contribution in [1.82, 2.24) is 4.98 Å². The largest absolute Gasteiger partial charge is 0.357 e. The predicted molar refractivity (Wildman–Crippen MR) is 75.6 cm³/mol. The number of aromatic nitrogens is 1. The molecule has 4 heteroatoms. The molecule has 0 amide bonds. The second-order valence-electron chi connectivity index (χ2n) is 4.66. The van der Waals surface area contributed by atoms with Crippen molar-refractivity contribution in [3.05, 3.63) is 23.9 Å². The molecule has 0 bridgehead atoms. The molecule has 0 aliphatic carbocycles. The van der Waals surface area contributed by atoms with Crippen molar-refractivity contribution in [2.75, 3.05) is 24.2 Å². The summed E-state index contributed by atoms with van der Waals surface area (Å²) < 4.78 is 0. The Morgan fingerprint density at radius 3 is 2.59 bits per heavy atom. The van der Waals surface area contributed by atoms with Gasteiger partial charge in [-0.1, -0.05) is 6.07 Å². The molecule has 94 valence electrons. The van der Waals surface area contributed by atoms with Crippen LogP contribution in [0.15, 0.2) is 18.3 Å². The predicted octanol–water partition coefficient (Wildman–Crippen LogP) is 2.43. The molecule has 1 aliphatic rings. The molecule has 0 spiro atoms. The SMILES string of the molecule is CSC1CCN(c2ccc([C@@H](C)N)cn2)CC1. The molecule has 3 nitrogen and oxygen atoms in total. The van der Waals surface area contributed by atoms with Gasteiger partial charge in [0.15, 0.2) is 0 Å². The van der Waals surface area contributed by atoms with Gasteiger partial charge >= 0.3 is 0 Å². The van der Waals surface area contributed by atoms with E-state index in [4.69, 9.17) is 5.73 Å². The molecular weight excluding hydrogens is 230 g/mol. The normalized spacial score (nSPS) is 19.4. The summed E-state index contributed by atoms with van der Waals surface area (Å²) in [5.74, 6) is 1.09. The standard InChI is InChI=1S/C13H21N3S/c1-10(14)11-3-4-13(15-9-11)16-7-5-12(17-2)6-8-16/h3-4,9-10,12H,5-8,14H2,1-2H3/t10-/m1/s1. The average molecular weight is 251 g/mol. The highest BCUT2D eigenvalue weighted by atomic mass is 32.2.